The summed E-state index contributed by atoms with van der Waals surface area (Å²) >= 11 is 12.3. The van der Waals surface area contributed by atoms with E-state index in [4.69, 9.17) is 33.9 Å². The Morgan fingerprint density at radius 2 is 1.76 bits per heavy atom. The summed E-state index contributed by atoms with van der Waals surface area (Å²) in [4.78, 5) is 19.1. The van der Waals surface area contributed by atoms with Crippen molar-refractivity contribution in [3.63, 3.8) is 0 Å². The average Bonchev–Trinajstić information content (AvgIpc) is 3.19. The molecule has 4 rings (SSSR count). The third-order valence-electron chi connectivity index (χ3n) is 6.00. The zero-order chi connectivity index (χ0) is 25.2. The van der Waals surface area contributed by atoms with E-state index in [1.165, 1.54) is 12.1 Å². The van der Waals surface area contributed by atoms with Gasteiger partial charge >= 0.3 is 0 Å². The number of hydrogen-bond acceptors (Lipinski definition) is 3. The van der Waals surface area contributed by atoms with E-state index in [0.717, 1.165) is 28.3 Å². The quantitative estimate of drug-likeness (QED) is 0.465. The molecule has 1 aromatic heterocycles. The average molecular weight is 505 g/mol. The van der Waals surface area contributed by atoms with E-state index < -0.39 is 5.54 Å². The van der Waals surface area contributed by atoms with E-state index >= 15 is 0 Å². The van der Waals surface area contributed by atoms with Crippen molar-refractivity contribution in [3.05, 3.63) is 75.4 Å². The van der Waals surface area contributed by atoms with Crippen LogP contribution in [0.5, 0.6) is 0 Å². The van der Waals surface area contributed by atoms with Crippen molar-refractivity contribution in [1.82, 2.24) is 14.5 Å². The van der Waals surface area contributed by atoms with Gasteiger partial charge in [-0.2, -0.15) is 0 Å². The molecule has 0 aliphatic carbocycles. The summed E-state index contributed by atoms with van der Waals surface area (Å²) < 4.78 is 14.3. The summed E-state index contributed by atoms with van der Waals surface area (Å²) in [5.74, 6) is 0.908. The van der Waals surface area contributed by atoms with Crippen LogP contribution in [0.25, 0.3) is 11.3 Å². The zero-order valence-electron chi connectivity index (χ0n) is 20.2. The number of nitrogens with zero attached hydrogens (tertiary/aromatic N) is 3. The molecule has 182 valence electrons. The fourth-order valence-electron chi connectivity index (χ4n) is 4.28. The number of rotatable bonds is 3. The van der Waals surface area contributed by atoms with Gasteiger partial charge in [0.2, 0.25) is 5.91 Å². The number of carbonyl (C=O) groups is 1. The SMILES string of the molecule is CC(C)c1c(-c2ccc(Cl)c(Cl)c2)nc2n1CCN(C(=O)CN)C2(C)C.Cc1ccc(F)cc1. The summed E-state index contributed by atoms with van der Waals surface area (Å²) in [5.41, 5.74) is 9.12. The van der Waals surface area contributed by atoms with Crippen molar-refractivity contribution < 1.29 is 9.18 Å². The lowest BCUT2D eigenvalue weighted by Gasteiger charge is -2.42. The first kappa shape index (κ1) is 26.2. The van der Waals surface area contributed by atoms with Crippen molar-refractivity contribution >= 4 is 29.1 Å². The summed E-state index contributed by atoms with van der Waals surface area (Å²) in [6.07, 6.45) is 0. The summed E-state index contributed by atoms with van der Waals surface area (Å²) in [7, 11) is 0. The molecule has 0 radical (unpaired) electrons. The van der Waals surface area contributed by atoms with Crippen LogP contribution < -0.4 is 5.73 Å². The number of hydrogen-bond donors (Lipinski definition) is 1. The fraction of sp³-hybridized carbons (Fsp3) is 0.385. The second-order valence-corrected chi connectivity index (χ2v) is 10.0. The Kier molecular flexibility index (Phi) is 8.06. The Bertz CT molecular complexity index is 1150. The fourth-order valence-corrected chi connectivity index (χ4v) is 4.58. The molecule has 0 saturated heterocycles. The molecule has 2 aromatic carbocycles. The maximum absolute atomic E-state index is 12.3. The van der Waals surface area contributed by atoms with Crippen molar-refractivity contribution in [2.45, 2.75) is 52.6 Å². The Morgan fingerprint density at radius 3 is 2.29 bits per heavy atom. The van der Waals surface area contributed by atoms with Crippen LogP contribution in [0.3, 0.4) is 0 Å². The topological polar surface area (TPSA) is 64.2 Å². The Labute approximate surface area is 210 Å². The highest BCUT2D eigenvalue weighted by atomic mass is 35.5. The van der Waals surface area contributed by atoms with E-state index in [9.17, 15) is 9.18 Å². The van der Waals surface area contributed by atoms with Crippen molar-refractivity contribution in [3.8, 4) is 11.3 Å². The Hall–Kier alpha value is -2.41. The van der Waals surface area contributed by atoms with Crippen LogP contribution in [0.4, 0.5) is 4.39 Å². The molecule has 1 aliphatic heterocycles. The van der Waals surface area contributed by atoms with Gasteiger partial charge < -0.3 is 15.2 Å². The van der Waals surface area contributed by atoms with Crippen LogP contribution >= 0.6 is 23.2 Å². The van der Waals surface area contributed by atoms with E-state index in [2.05, 4.69) is 18.4 Å². The molecule has 0 atom stereocenters. The predicted octanol–water partition coefficient (Wildman–Crippen LogP) is 6.15. The van der Waals surface area contributed by atoms with Crippen LogP contribution in [0.15, 0.2) is 42.5 Å². The molecule has 2 heterocycles. The maximum Gasteiger partial charge on any atom is 0.237 e. The number of imidazole rings is 1. The minimum atomic E-state index is -0.535. The molecule has 1 aliphatic rings. The second-order valence-electron chi connectivity index (χ2n) is 9.21. The first-order valence-corrected chi connectivity index (χ1v) is 12.0. The lowest BCUT2D eigenvalue weighted by Crippen LogP contribution is -2.53. The van der Waals surface area contributed by atoms with Crippen LogP contribution in [0.2, 0.25) is 10.0 Å². The number of nitrogens with two attached hydrogens (primary N) is 1. The molecule has 3 aromatic rings. The number of aryl methyl sites for hydroxylation is 1. The molecule has 0 spiro atoms. The van der Waals surface area contributed by atoms with Gasteiger partial charge in [-0.05, 0) is 51.0 Å². The molecule has 34 heavy (non-hydrogen) atoms. The van der Waals surface area contributed by atoms with Crippen molar-refractivity contribution in [1.29, 1.82) is 0 Å². The summed E-state index contributed by atoms with van der Waals surface area (Å²) in [6.45, 7) is 11.6. The van der Waals surface area contributed by atoms with Gasteiger partial charge in [0.15, 0.2) is 0 Å². The molecule has 2 N–H and O–H groups in total. The van der Waals surface area contributed by atoms with Crippen LogP contribution in [0, 0.1) is 12.7 Å². The van der Waals surface area contributed by atoms with Crippen molar-refractivity contribution in [2.75, 3.05) is 13.1 Å². The number of benzene rings is 2. The van der Waals surface area contributed by atoms with Crippen LogP contribution in [0.1, 0.15) is 50.7 Å². The third kappa shape index (κ3) is 5.29. The third-order valence-corrected chi connectivity index (χ3v) is 6.74. The molecule has 1 amide bonds. The highest BCUT2D eigenvalue weighted by Crippen LogP contribution is 2.39. The number of fused-ring (bicyclic) bond motifs is 1. The van der Waals surface area contributed by atoms with E-state index in [-0.39, 0.29) is 24.2 Å². The summed E-state index contributed by atoms with van der Waals surface area (Å²) in [6, 6.07) is 12.0. The normalized spacial score (nSPS) is 14.5. The first-order chi connectivity index (χ1) is 16.0. The highest BCUT2D eigenvalue weighted by molar-refractivity contribution is 6.42. The van der Waals surface area contributed by atoms with Gasteiger partial charge in [-0.1, -0.05) is 60.8 Å². The highest BCUT2D eigenvalue weighted by Gasteiger charge is 2.41. The summed E-state index contributed by atoms with van der Waals surface area (Å²) in [5, 5.41) is 1.02. The Balaban J connectivity index is 0.000000343. The van der Waals surface area contributed by atoms with E-state index in [1.54, 1.807) is 18.2 Å². The van der Waals surface area contributed by atoms with E-state index in [1.807, 2.05) is 37.8 Å². The zero-order valence-corrected chi connectivity index (χ0v) is 21.7. The number of carbonyl (C=O) groups excluding carboxylic acids is 1. The molecule has 0 fully saturated rings. The molecule has 0 bridgehead atoms. The minimum absolute atomic E-state index is 0.000819. The monoisotopic (exact) mass is 504 g/mol. The van der Waals surface area contributed by atoms with Gasteiger partial charge in [-0.25, -0.2) is 9.37 Å². The van der Waals surface area contributed by atoms with E-state index in [0.29, 0.717) is 23.1 Å². The van der Waals surface area contributed by atoms with Crippen molar-refractivity contribution in [2.24, 2.45) is 5.73 Å². The number of halogens is 3. The second kappa shape index (κ2) is 10.5. The number of aromatic nitrogens is 2. The molecule has 0 saturated carbocycles. The van der Waals surface area contributed by atoms with Gasteiger partial charge in [0.05, 0.1) is 27.8 Å². The molecule has 8 heteroatoms. The molecule has 0 unspecified atom stereocenters. The van der Waals surface area contributed by atoms with Crippen LogP contribution in [-0.4, -0.2) is 33.4 Å². The smallest absolute Gasteiger partial charge is 0.237 e. The maximum atomic E-state index is 12.3. The van der Waals surface area contributed by atoms with Crippen LogP contribution in [-0.2, 0) is 16.9 Å². The van der Waals surface area contributed by atoms with Gasteiger partial charge in [0.1, 0.15) is 11.6 Å². The largest absolute Gasteiger partial charge is 0.327 e. The lowest BCUT2D eigenvalue weighted by atomic mass is 9.98. The molecular formula is C26H31Cl2FN4O. The lowest BCUT2D eigenvalue weighted by molar-refractivity contribution is -0.137. The van der Waals surface area contributed by atoms with Gasteiger partial charge in [-0.3, -0.25) is 4.79 Å². The Morgan fingerprint density at radius 1 is 1.12 bits per heavy atom. The predicted molar refractivity (Wildman–Crippen MR) is 137 cm³/mol. The molecular weight excluding hydrogens is 474 g/mol. The van der Waals surface area contributed by atoms with Gasteiger partial charge in [0.25, 0.3) is 0 Å². The molecule has 5 nitrogen and oxygen atoms in total. The van der Waals surface area contributed by atoms with Gasteiger partial charge in [0, 0.05) is 24.3 Å². The van der Waals surface area contributed by atoms with Gasteiger partial charge in [-0.15, -0.1) is 0 Å². The first-order valence-electron chi connectivity index (χ1n) is 11.3. The number of amides is 1. The minimum Gasteiger partial charge on any atom is -0.327 e. The standard InChI is InChI=1S/C19H24Cl2N4O.C7H7F/c1-11(2)17-16(12-5-6-13(20)14(21)9-12)23-18-19(3,4)25(15(26)10-22)8-7-24(17)18;1-6-2-4-7(8)5-3-6/h5-6,9,11H,7-8,10,22H2,1-4H3;2-5H,1H3.